The number of benzene rings is 1. The molecule has 4 aromatic rings. The van der Waals surface area contributed by atoms with E-state index in [1.807, 2.05) is 53.4 Å². The van der Waals surface area contributed by atoms with E-state index in [1.54, 1.807) is 10.8 Å². The van der Waals surface area contributed by atoms with Crippen LogP contribution in [0.15, 0.2) is 55.1 Å². The highest BCUT2D eigenvalue weighted by molar-refractivity contribution is 5.73. The second-order valence-corrected chi connectivity index (χ2v) is 7.39. The number of anilines is 3. The molecule has 1 fully saturated rings. The minimum absolute atomic E-state index is 0.00507. The molecule has 3 N–H and O–H groups in total. The Morgan fingerprint density at radius 2 is 2.10 bits per heavy atom. The number of aliphatic hydroxyl groups excluding tert-OH is 2. The Morgan fingerprint density at radius 3 is 2.97 bits per heavy atom. The second-order valence-electron chi connectivity index (χ2n) is 7.39. The highest BCUT2D eigenvalue weighted by atomic mass is 16.3. The van der Waals surface area contributed by atoms with Crippen LogP contribution in [0.1, 0.15) is 18.4 Å². The third-order valence-corrected chi connectivity index (χ3v) is 5.44. The first-order valence-corrected chi connectivity index (χ1v) is 9.99. The molecule has 1 aliphatic heterocycles. The van der Waals surface area contributed by atoms with E-state index in [4.69, 9.17) is 4.98 Å². The number of imidazole rings is 1. The van der Waals surface area contributed by atoms with Gasteiger partial charge in [-0.2, -0.15) is 4.98 Å². The van der Waals surface area contributed by atoms with Crippen molar-refractivity contribution < 1.29 is 10.2 Å². The lowest BCUT2D eigenvalue weighted by molar-refractivity contribution is 0.265. The van der Waals surface area contributed by atoms with Gasteiger partial charge in [-0.15, -0.1) is 5.10 Å². The highest BCUT2D eigenvalue weighted by Crippen LogP contribution is 2.26. The van der Waals surface area contributed by atoms with Crippen molar-refractivity contribution in [1.82, 2.24) is 24.1 Å². The molecule has 0 saturated carbocycles. The standard InChI is InChI=1S/C21H23N7O2/c29-12-15-4-1-5-16(10-15)26-11-19(22-14-26)23-20-18-7-3-9-28(18)25-21(24-20)27-8-2-6-17(27)13-30/h1,3-5,7,9-11,14,17,29-30H,2,6,8,12-13H2,(H,23,24,25)/t17-/m0/s1. The number of rotatable bonds is 6. The molecule has 0 radical (unpaired) electrons. The molecule has 0 unspecified atom stereocenters. The summed E-state index contributed by atoms with van der Waals surface area (Å²) < 4.78 is 3.68. The molecule has 0 aliphatic carbocycles. The summed E-state index contributed by atoms with van der Waals surface area (Å²) in [5.74, 6) is 1.90. The Kier molecular flexibility index (Phi) is 4.82. The number of hydrogen-bond donors (Lipinski definition) is 3. The van der Waals surface area contributed by atoms with E-state index in [-0.39, 0.29) is 19.3 Å². The smallest absolute Gasteiger partial charge is 0.245 e. The van der Waals surface area contributed by atoms with Gasteiger partial charge in [-0.05, 0) is 42.7 Å². The Bertz CT molecular complexity index is 1170. The zero-order valence-electron chi connectivity index (χ0n) is 16.4. The van der Waals surface area contributed by atoms with E-state index in [0.29, 0.717) is 17.6 Å². The fourth-order valence-electron chi connectivity index (χ4n) is 3.89. The largest absolute Gasteiger partial charge is 0.394 e. The predicted octanol–water partition coefficient (Wildman–Crippen LogP) is 2.11. The van der Waals surface area contributed by atoms with Crippen LogP contribution in [0.4, 0.5) is 17.6 Å². The SMILES string of the molecule is OCc1cccc(-n2cnc(Nc3nc(N4CCC[C@H]4CO)nn4cccc34)c2)c1. The molecule has 3 aromatic heterocycles. The fourth-order valence-corrected chi connectivity index (χ4v) is 3.89. The molecule has 9 heteroatoms. The summed E-state index contributed by atoms with van der Waals surface area (Å²) in [5.41, 5.74) is 2.60. The minimum atomic E-state index is -0.00507. The molecular weight excluding hydrogens is 382 g/mol. The quantitative estimate of drug-likeness (QED) is 0.451. The molecule has 1 saturated heterocycles. The first kappa shape index (κ1) is 18.6. The molecule has 1 aliphatic rings. The van der Waals surface area contributed by atoms with Gasteiger partial charge >= 0.3 is 0 Å². The van der Waals surface area contributed by atoms with Crippen LogP contribution in [0.25, 0.3) is 11.2 Å². The van der Waals surface area contributed by atoms with Crippen molar-refractivity contribution in [2.45, 2.75) is 25.5 Å². The van der Waals surface area contributed by atoms with Gasteiger partial charge in [-0.1, -0.05) is 12.1 Å². The number of aliphatic hydroxyl groups is 2. The van der Waals surface area contributed by atoms with Crippen molar-refractivity contribution >= 4 is 23.1 Å². The lowest BCUT2D eigenvalue weighted by Crippen LogP contribution is -2.34. The van der Waals surface area contributed by atoms with Gasteiger partial charge in [0.1, 0.15) is 17.7 Å². The van der Waals surface area contributed by atoms with Crippen molar-refractivity contribution in [3.8, 4) is 5.69 Å². The molecule has 0 amide bonds. The van der Waals surface area contributed by atoms with Crippen LogP contribution in [0.3, 0.4) is 0 Å². The summed E-state index contributed by atoms with van der Waals surface area (Å²) >= 11 is 0. The molecule has 0 spiro atoms. The van der Waals surface area contributed by atoms with E-state index in [1.165, 1.54) is 0 Å². The molecule has 0 bridgehead atoms. The number of hydrogen-bond acceptors (Lipinski definition) is 7. The topological polar surface area (TPSA) is 104 Å². The van der Waals surface area contributed by atoms with Crippen LogP contribution in [0, 0.1) is 0 Å². The van der Waals surface area contributed by atoms with Gasteiger partial charge in [0, 0.05) is 18.4 Å². The predicted molar refractivity (Wildman–Crippen MR) is 113 cm³/mol. The lowest BCUT2D eigenvalue weighted by atomic mass is 10.2. The maximum absolute atomic E-state index is 9.68. The number of aromatic nitrogens is 5. The van der Waals surface area contributed by atoms with Crippen LogP contribution in [-0.2, 0) is 6.61 Å². The minimum Gasteiger partial charge on any atom is -0.394 e. The molecule has 30 heavy (non-hydrogen) atoms. The molecule has 9 nitrogen and oxygen atoms in total. The zero-order chi connectivity index (χ0) is 20.5. The monoisotopic (exact) mass is 405 g/mol. The number of nitrogens with one attached hydrogen (secondary N) is 1. The Labute approximate surface area is 173 Å². The van der Waals surface area contributed by atoms with Gasteiger partial charge in [0.2, 0.25) is 5.95 Å². The van der Waals surface area contributed by atoms with E-state index >= 15 is 0 Å². The van der Waals surface area contributed by atoms with Gasteiger partial charge < -0.3 is 25.0 Å². The number of nitrogens with zero attached hydrogens (tertiary/aromatic N) is 6. The molecule has 1 atom stereocenters. The van der Waals surface area contributed by atoms with Gasteiger partial charge in [-0.25, -0.2) is 9.50 Å². The second kappa shape index (κ2) is 7.77. The zero-order valence-corrected chi connectivity index (χ0v) is 16.4. The summed E-state index contributed by atoms with van der Waals surface area (Å²) in [6.45, 7) is 0.912. The Balaban J connectivity index is 1.47. The van der Waals surface area contributed by atoms with Crippen molar-refractivity contribution in [3.05, 3.63) is 60.7 Å². The molecular formula is C21H23N7O2. The lowest BCUT2D eigenvalue weighted by Gasteiger charge is -2.23. The van der Waals surface area contributed by atoms with Crippen molar-refractivity contribution in [2.24, 2.45) is 0 Å². The van der Waals surface area contributed by atoms with Crippen molar-refractivity contribution in [3.63, 3.8) is 0 Å². The van der Waals surface area contributed by atoms with Gasteiger partial charge in [0.15, 0.2) is 5.82 Å². The van der Waals surface area contributed by atoms with Crippen LogP contribution in [0.2, 0.25) is 0 Å². The third kappa shape index (κ3) is 3.38. The molecule has 5 rings (SSSR count). The van der Waals surface area contributed by atoms with E-state index < -0.39 is 0 Å². The van der Waals surface area contributed by atoms with Gasteiger partial charge in [-0.3, -0.25) is 0 Å². The van der Waals surface area contributed by atoms with Crippen LogP contribution < -0.4 is 10.2 Å². The van der Waals surface area contributed by atoms with Crippen LogP contribution >= 0.6 is 0 Å². The average molecular weight is 405 g/mol. The van der Waals surface area contributed by atoms with Crippen LogP contribution in [-0.4, -0.2) is 53.6 Å². The molecule has 1 aromatic carbocycles. The summed E-state index contributed by atoms with van der Waals surface area (Å²) in [7, 11) is 0. The maximum atomic E-state index is 9.68. The normalized spacial score (nSPS) is 16.5. The first-order chi connectivity index (χ1) is 14.7. The third-order valence-electron chi connectivity index (χ3n) is 5.44. The van der Waals surface area contributed by atoms with Gasteiger partial charge in [0.05, 0.1) is 25.5 Å². The van der Waals surface area contributed by atoms with Crippen molar-refractivity contribution in [1.29, 1.82) is 0 Å². The summed E-state index contributed by atoms with van der Waals surface area (Å²) in [4.78, 5) is 11.3. The van der Waals surface area contributed by atoms with E-state index in [9.17, 15) is 10.2 Å². The van der Waals surface area contributed by atoms with E-state index in [0.717, 1.165) is 36.2 Å². The Morgan fingerprint density at radius 1 is 1.17 bits per heavy atom. The molecule has 4 heterocycles. The van der Waals surface area contributed by atoms with Crippen molar-refractivity contribution in [2.75, 3.05) is 23.4 Å². The molecule has 154 valence electrons. The average Bonchev–Trinajstić information content (AvgIpc) is 3.53. The Hall–Kier alpha value is -3.43. The summed E-state index contributed by atoms with van der Waals surface area (Å²) in [6, 6.07) is 11.6. The first-order valence-electron chi connectivity index (χ1n) is 9.99. The fraction of sp³-hybridized carbons (Fsp3) is 0.286. The summed E-state index contributed by atoms with van der Waals surface area (Å²) in [5, 5.41) is 27.0. The van der Waals surface area contributed by atoms with Gasteiger partial charge in [0.25, 0.3) is 0 Å². The highest BCUT2D eigenvalue weighted by Gasteiger charge is 2.27. The van der Waals surface area contributed by atoms with E-state index in [2.05, 4.69) is 20.3 Å². The van der Waals surface area contributed by atoms with Crippen LogP contribution in [0.5, 0.6) is 0 Å². The summed E-state index contributed by atoms with van der Waals surface area (Å²) in [6.07, 6.45) is 7.43. The maximum Gasteiger partial charge on any atom is 0.245 e. The number of fused-ring (bicyclic) bond motifs is 1.